The summed E-state index contributed by atoms with van der Waals surface area (Å²) >= 11 is 0. The SMILES string of the molecule is CC1CC(O)=NC(C(=N)/C=C(\NCc2ccccc2F)c2ccon2)=N1. The van der Waals surface area contributed by atoms with Gasteiger partial charge in [-0.3, -0.25) is 10.4 Å². The number of nitrogens with one attached hydrogen (secondary N) is 2. The van der Waals surface area contributed by atoms with Crippen LogP contribution in [0.2, 0.25) is 0 Å². The third kappa shape index (κ3) is 4.21. The van der Waals surface area contributed by atoms with E-state index in [4.69, 9.17) is 9.93 Å². The maximum absolute atomic E-state index is 13.8. The number of hydrogen-bond donors (Lipinski definition) is 3. The number of hydrogen-bond acceptors (Lipinski definition) is 6. The number of aliphatic hydroxyl groups excluding tert-OH is 1. The highest BCUT2D eigenvalue weighted by molar-refractivity contribution is 6.47. The zero-order chi connectivity index (χ0) is 18.5. The molecule has 134 valence electrons. The number of halogens is 1. The van der Waals surface area contributed by atoms with E-state index in [1.54, 1.807) is 24.3 Å². The fourth-order valence-corrected chi connectivity index (χ4v) is 2.45. The minimum Gasteiger partial charge on any atom is -0.496 e. The van der Waals surface area contributed by atoms with Crippen molar-refractivity contribution in [2.45, 2.75) is 25.9 Å². The van der Waals surface area contributed by atoms with Crippen LogP contribution in [0.1, 0.15) is 24.6 Å². The highest BCUT2D eigenvalue weighted by atomic mass is 19.1. The highest BCUT2D eigenvalue weighted by Crippen LogP contribution is 2.14. The Morgan fingerprint density at radius 3 is 2.92 bits per heavy atom. The molecule has 1 aliphatic rings. The van der Waals surface area contributed by atoms with E-state index in [1.165, 1.54) is 18.4 Å². The monoisotopic (exact) mass is 355 g/mol. The predicted molar refractivity (Wildman–Crippen MR) is 97.0 cm³/mol. The van der Waals surface area contributed by atoms with E-state index in [9.17, 15) is 9.50 Å². The summed E-state index contributed by atoms with van der Waals surface area (Å²) in [6.07, 6.45) is 3.23. The van der Waals surface area contributed by atoms with Crippen LogP contribution in [0.3, 0.4) is 0 Å². The van der Waals surface area contributed by atoms with Crippen LogP contribution >= 0.6 is 0 Å². The number of benzene rings is 1. The molecule has 1 aromatic carbocycles. The number of aromatic nitrogens is 1. The van der Waals surface area contributed by atoms with Gasteiger partial charge in [-0.2, -0.15) is 4.99 Å². The minimum atomic E-state index is -0.324. The molecule has 8 heteroatoms. The quantitative estimate of drug-likeness (QED) is 0.692. The molecule has 7 nitrogen and oxygen atoms in total. The Hall–Kier alpha value is -3.29. The number of aliphatic imine (C=N–C) groups is 2. The van der Waals surface area contributed by atoms with Crippen LogP contribution in [-0.4, -0.2) is 33.8 Å². The van der Waals surface area contributed by atoms with Gasteiger partial charge in [0.05, 0.1) is 11.7 Å². The summed E-state index contributed by atoms with van der Waals surface area (Å²) in [5.74, 6) is -0.243. The molecule has 0 spiro atoms. The summed E-state index contributed by atoms with van der Waals surface area (Å²) in [7, 11) is 0. The second kappa shape index (κ2) is 7.73. The Morgan fingerprint density at radius 1 is 1.42 bits per heavy atom. The lowest BCUT2D eigenvalue weighted by Crippen LogP contribution is -2.23. The smallest absolute Gasteiger partial charge is 0.189 e. The summed E-state index contributed by atoms with van der Waals surface area (Å²) in [6.45, 7) is 2.03. The topological polar surface area (TPSA) is 107 Å². The van der Waals surface area contributed by atoms with Crippen molar-refractivity contribution in [2.75, 3.05) is 0 Å². The van der Waals surface area contributed by atoms with Crippen molar-refractivity contribution in [3.05, 3.63) is 59.7 Å². The zero-order valence-electron chi connectivity index (χ0n) is 14.1. The van der Waals surface area contributed by atoms with E-state index in [0.717, 1.165) is 0 Å². The van der Waals surface area contributed by atoms with E-state index < -0.39 is 0 Å². The lowest BCUT2D eigenvalue weighted by atomic mass is 10.1. The van der Waals surface area contributed by atoms with Crippen LogP contribution < -0.4 is 5.32 Å². The van der Waals surface area contributed by atoms with E-state index in [2.05, 4.69) is 20.5 Å². The van der Waals surface area contributed by atoms with Crippen molar-refractivity contribution in [3.63, 3.8) is 0 Å². The Labute approximate surface area is 149 Å². The maximum atomic E-state index is 13.8. The third-order valence-corrected chi connectivity index (χ3v) is 3.73. The Bertz CT molecular complexity index is 887. The molecule has 0 bridgehead atoms. The van der Waals surface area contributed by atoms with Gasteiger partial charge >= 0.3 is 0 Å². The van der Waals surface area contributed by atoms with Gasteiger partial charge in [-0.25, -0.2) is 4.39 Å². The van der Waals surface area contributed by atoms with Gasteiger partial charge < -0.3 is 14.9 Å². The van der Waals surface area contributed by atoms with Crippen molar-refractivity contribution in [2.24, 2.45) is 9.98 Å². The van der Waals surface area contributed by atoms with E-state index in [1.807, 2.05) is 6.92 Å². The van der Waals surface area contributed by atoms with Gasteiger partial charge in [-0.1, -0.05) is 23.4 Å². The Morgan fingerprint density at radius 2 is 2.23 bits per heavy atom. The summed E-state index contributed by atoms with van der Waals surface area (Å²) in [4.78, 5) is 8.19. The molecule has 3 rings (SSSR count). The average Bonchev–Trinajstić information content (AvgIpc) is 3.13. The molecule has 1 aliphatic heterocycles. The van der Waals surface area contributed by atoms with Gasteiger partial charge in [0.25, 0.3) is 0 Å². The molecule has 1 atom stereocenters. The molecule has 0 aliphatic carbocycles. The number of nitrogens with zero attached hydrogens (tertiary/aromatic N) is 3. The Kier molecular flexibility index (Phi) is 5.21. The van der Waals surface area contributed by atoms with E-state index >= 15 is 0 Å². The van der Waals surface area contributed by atoms with Gasteiger partial charge in [0, 0.05) is 24.6 Å². The molecule has 0 fully saturated rings. The molecular formula is C18H18FN5O2. The van der Waals surface area contributed by atoms with Gasteiger partial charge in [-0.05, 0) is 19.1 Å². The van der Waals surface area contributed by atoms with Crippen molar-refractivity contribution in [1.82, 2.24) is 10.5 Å². The first-order valence-electron chi connectivity index (χ1n) is 8.06. The molecule has 0 saturated carbocycles. The van der Waals surface area contributed by atoms with Crippen LogP contribution in [0.4, 0.5) is 4.39 Å². The maximum Gasteiger partial charge on any atom is 0.189 e. The van der Waals surface area contributed by atoms with Gasteiger partial charge in [0.15, 0.2) is 11.7 Å². The van der Waals surface area contributed by atoms with Crippen molar-refractivity contribution in [3.8, 4) is 0 Å². The summed E-state index contributed by atoms with van der Waals surface area (Å²) in [5, 5.41) is 24.8. The van der Waals surface area contributed by atoms with Gasteiger partial charge in [0.2, 0.25) is 0 Å². The summed E-state index contributed by atoms with van der Waals surface area (Å²) < 4.78 is 18.7. The molecule has 1 aromatic heterocycles. The van der Waals surface area contributed by atoms with E-state index in [0.29, 0.717) is 23.4 Å². The molecule has 1 unspecified atom stereocenters. The van der Waals surface area contributed by atoms with Crippen LogP contribution in [0.15, 0.2) is 57.2 Å². The normalized spacial score (nSPS) is 17.5. The summed E-state index contributed by atoms with van der Waals surface area (Å²) in [6, 6.07) is 7.89. The van der Waals surface area contributed by atoms with Crippen molar-refractivity contribution < 1.29 is 14.0 Å². The molecule has 2 aromatic rings. The summed E-state index contributed by atoms with van der Waals surface area (Å²) in [5.41, 5.74) is 1.40. The first kappa shape index (κ1) is 17.5. The highest BCUT2D eigenvalue weighted by Gasteiger charge is 2.17. The molecule has 26 heavy (non-hydrogen) atoms. The Balaban J connectivity index is 1.84. The van der Waals surface area contributed by atoms with Crippen LogP contribution in [0.5, 0.6) is 0 Å². The first-order chi connectivity index (χ1) is 12.5. The molecule has 0 amide bonds. The zero-order valence-corrected chi connectivity index (χ0v) is 14.1. The molecule has 2 heterocycles. The standard InChI is InChI=1S/C18H18FN5O2/c1-11-8-17(25)23-18(22-11)14(20)9-16(15-6-7-26-24-15)21-10-12-4-2-3-5-13(12)19/h2-7,9,11,20-21H,8,10H2,1H3,(H,22,23,25)/b16-9-,20-14?. The van der Waals surface area contributed by atoms with E-state index in [-0.39, 0.29) is 35.8 Å². The fraction of sp³-hybridized carbons (Fsp3) is 0.222. The third-order valence-electron chi connectivity index (χ3n) is 3.73. The number of aliphatic hydroxyl groups is 1. The van der Waals surface area contributed by atoms with Crippen LogP contribution in [0, 0.1) is 11.2 Å². The molecule has 3 N–H and O–H groups in total. The van der Waals surface area contributed by atoms with Crippen LogP contribution in [-0.2, 0) is 6.54 Å². The molecule has 0 radical (unpaired) electrons. The molecular weight excluding hydrogens is 337 g/mol. The largest absolute Gasteiger partial charge is 0.496 e. The average molecular weight is 355 g/mol. The minimum absolute atomic E-state index is 0.00198. The second-order valence-corrected chi connectivity index (χ2v) is 5.84. The number of amidine groups is 1. The fourth-order valence-electron chi connectivity index (χ4n) is 2.45. The van der Waals surface area contributed by atoms with Gasteiger partial charge in [0.1, 0.15) is 23.5 Å². The van der Waals surface area contributed by atoms with Crippen LogP contribution in [0.25, 0.3) is 5.70 Å². The number of rotatable bonds is 6. The lowest BCUT2D eigenvalue weighted by molar-refractivity contribution is 0.417. The first-order valence-corrected chi connectivity index (χ1v) is 8.06. The van der Waals surface area contributed by atoms with Crippen molar-refractivity contribution in [1.29, 1.82) is 5.41 Å². The van der Waals surface area contributed by atoms with Crippen molar-refractivity contribution >= 4 is 23.1 Å². The second-order valence-electron chi connectivity index (χ2n) is 5.84. The lowest BCUT2D eigenvalue weighted by Gasteiger charge is -2.14. The predicted octanol–water partition coefficient (Wildman–Crippen LogP) is 3.11. The molecule has 0 saturated heterocycles. The van der Waals surface area contributed by atoms with Gasteiger partial charge in [-0.15, -0.1) is 0 Å².